The molecule has 0 saturated heterocycles. The Labute approximate surface area is 179 Å². The Balaban J connectivity index is 2.09. The molecule has 2 aromatic carbocycles. The van der Waals surface area contributed by atoms with Gasteiger partial charge in [0, 0.05) is 17.2 Å². The maximum Gasteiger partial charge on any atom is 0.534 e. The third-order valence-electron chi connectivity index (χ3n) is 4.86. The summed E-state index contributed by atoms with van der Waals surface area (Å²) in [5, 5.41) is 21.8. The van der Waals surface area contributed by atoms with E-state index < -0.39 is 43.4 Å². The van der Waals surface area contributed by atoms with Gasteiger partial charge < -0.3 is 14.0 Å². The van der Waals surface area contributed by atoms with Crippen LogP contribution in [0.4, 0.5) is 18.9 Å². The minimum atomic E-state index is -6.09. The van der Waals surface area contributed by atoms with E-state index in [-0.39, 0.29) is 17.2 Å². The number of Topliss-reactive ketones (excluding diaryl/α,β-unsaturated/α-hetero) is 1. The Kier molecular flexibility index (Phi) is 5.80. The molecule has 1 N–H and O–H groups in total. The number of carbonyl (C=O) groups is 1. The summed E-state index contributed by atoms with van der Waals surface area (Å²) < 4.78 is 70.3. The third kappa shape index (κ3) is 4.07. The number of carbonyl (C=O) groups excluding carboxylic acids is 1. The molecule has 0 aliphatic heterocycles. The number of ketones is 1. The molecule has 32 heavy (non-hydrogen) atoms. The van der Waals surface area contributed by atoms with Gasteiger partial charge in [0.05, 0.1) is 4.92 Å². The molecule has 1 aliphatic rings. The Morgan fingerprint density at radius 1 is 1.19 bits per heavy atom. The van der Waals surface area contributed by atoms with Crippen LogP contribution in [0.2, 0.25) is 0 Å². The summed E-state index contributed by atoms with van der Waals surface area (Å²) in [4.78, 5) is 22.8. The number of aromatic hydroxyl groups is 1. The topological polar surface area (TPSA) is 133 Å². The van der Waals surface area contributed by atoms with Gasteiger partial charge in [-0.1, -0.05) is 0 Å². The number of halogens is 3. The first kappa shape index (κ1) is 23.3. The fourth-order valence-corrected chi connectivity index (χ4v) is 3.97. The SMILES string of the molecule is CC(=O)c1c(OS(=O)(=O)C(F)(F)F)ccc(Oc2c(C)cc([N+](=O)[O-])c3c2CCC3)c1O. The summed E-state index contributed by atoms with van der Waals surface area (Å²) >= 11 is 0. The van der Waals surface area contributed by atoms with Crippen LogP contribution in [0.25, 0.3) is 0 Å². The molecule has 0 unspecified atom stereocenters. The Hall–Kier alpha value is -3.35. The molecule has 1 aliphatic carbocycles. The maximum absolute atomic E-state index is 12.6. The van der Waals surface area contributed by atoms with Crippen LogP contribution in [0.5, 0.6) is 23.0 Å². The lowest BCUT2D eigenvalue weighted by atomic mass is 10.0. The number of alkyl halides is 3. The van der Waals surface area contributed by atoms with Crippen LogP contribution in [0.15, 0.2) is 18.2 Å². The Morgan fingerprint density at radius 3 is 2.34 bits per heavy atom. The molecule has 172 valence electrons. The Morgan fingerprint density at radius 2 is 1.78 bits per heavy atom. The number of ether oxygens (including phenoxy) is 1. The van der Waals surface area contributed by atoms with Crippen molar-refractivity contribution in [3.05, 3.63) is 50.6 Å². The number of nitro benzene ring substituents is 1. The number of phenols is 1. The smallest absolute Gasteiger partial charge is 0.504 e. The van der Waals surface area contributed by atoms with Gasteiger partial charge in [0.1, 0.15) is 11.3 Å². The highest BCUT2D eigenvalue weighted by Crippen LogP contribution is 2.45. The molecule has 0 radical (unpaired) electrons. The van der Waals surface area contributed by atoms with Crippen molar-refractivity contribution in [3.8, 4) is 23.0 Å². The van der Waals surface area contributed by atoms with Gasteiger partial charge >= 0.3 is 15.6 Å². The molecule has 9 nitrogen and oxygen atoms in total. The van der Waals surface area contributed by atoms with Gasteiger partial charge in [-0.05, 0) is 50.8 Å². The number of aryl methyl sites for hydroxylation is 1. The monoisotopic (exact) mass is 475 g/mol. The van der Waals surface area contributed by atoms with Crippen molar-refractivity contribution < 1.29 is 45.3 Å². The second kappa shape index (κ2) is 7.97. The van der Waals surface area contributed by atoms with E-state index in [1.807, 2.05) is 0 Å². The first-order valence-corrected chi connectivity index (χ1v) is 10.5. The van der Waals surface area contributed by atoms with Gasteiger partial charge in [0.25, 0.3) is 5.69 Å². The standard InChI is InChI=1S/C19H16F3NO8S/c1-9-8-13(23(26)27)11-4-3-5-12(11)18(9)30-15-7-6-14(16(10(2)24)17(15)25)31-32(28,29)19(20,21)22/h6-8,25H,3-5H2,1-2H3. The molecular weight excluding hydrogens is 459 g/mol. The van der Waals surface area contributed by atoms with Crippen LogP contribution in [0.1, 0.15) is 40.4 Å². The number of fused-ring (bicyclic) bond motifs is 1. The summed E-state index contributed by atoms with van der Waals surface area (Å²) in [7, 11) is -6.09. The maximum atomic E-state index is 12.6. The van der Waals surface area contributed by atoms with Crippen molar-refractivity contribution in [2.24, 2.45) is 0 Å². The lowest BCUT2D eigenvalue weighted by molar-refractivity contribution is -0.385. The van der Waals surface area contributed by atoms with E-state index in [1.165, 1.54) is 13.0 Å². The predicted octanol–water partition coefficient (Wildman–Crippen LogP) is 4.32. The molecule has 0 amide bonds. The average Bonchev–Trinajstić information content (AvgIpc) is 3.13. The van der Waals surface area contributed by atoms with Crippen molar-refractivity contribution in [1.29, 1.82) is 0 Å². The molecule has 0 spiro atoms. The van der Waals surface area contributed by atoms with Gasteiger partial charge in [-0.15, -0.1) is 0 Å². The van der Waals surface area contributed by atoms with E-state index in [2.05, 4.69) is 4.18 Å². The molecule has 0 fully saturated rings. The quantitative estimate of drug-likeness (QED) is 0.215. The van der Waals surface area contributed by atoms with Crippen LogP contribution in [-0.4, -0.2) is 29.7 Å². The molecule has 2 aromatic rings. The van der Waals surface area contributed by atoms with Gasteiger partial charge in [0.2, 0.25) is 0 Å². The summed E-state index contributed by atoms with van der Waals surface area (Å²) in [6.45, 7) is 2.43. The number of nitro groups is 1. The summed E-state index contributed by atoms with van der Waals surface area (Å²) in [5.41, 5.74) is -5.27. The van der Waals surface area contributed by atoms with Gasteiger partial charge in [-0.25, -0.2) is 0 Å². The van der Waals surface area contributed by atoms with Crippen LogP contribution >= 0.6 is 0 Å². The highest BCUT2D eigenvalue weighted by atomic mass is 32.2. The highest BCUT2D eigenvalue weighted by Gasteiger charge is 2.49. The van der Waals surface area contributed by atoms with Crippen molar-refractivity contribution in [2.45, 2.75) is 38.6 Å². The second-order valence-corrected chi connectivity index (χ2v) is 8.57. The number of benzene rings is 2. The minimum Gasteiger partial charge on any atom is -0.504 e. The van der Waals surface area contributed by atoms with Crippen LogP contribution in [0, 0.1) is 17.0 Å². The molecule has 3 rings (SSSR count). The number of phenolic OH excluding ortho intramolecular Hbond substituents is 1. The van der Waals surface area contributed by atoms with Gasteiger partial charge in [-0.3, -0.25) is 14.9 Å². The second-order valence-electron chi connectivity index (χ2n) is 7.04. The highest BCUT2D eigenvalue weighted by molar-refractivity contribution is 7.88. The first-order valence-electron chi connectivity index (χ1n) is 9.10. The molecule has 0 heterocycles. The van der Waals surface area contributed by atoms with Crippen LogP contribution < -0.4 is 8.92 Å². The minimum absolute atomic E-state index is 0.0721. The molecule has 0 atom stereocenters. The zero-order valence-electron chi connectivity index (χ0n) is 16.6. The van der Waals surface area contributed by atoms with E-state index in [1.54, 1.807) is 0 Å². The molecule has 13 heteroatoms. The number of hydrogen-bond donors (Lipinski definition) is 1. The molecule has 0 bridgehead atoms. The van der Waals surface area contributed by atoms with E-state index >= 15 is 0 Å². The van der Waals surface area contributed by atoms with E-state index in [0.29, 0.717) is 36.0 Å². The summed E-state index contributed by atoms with van der Waals surface area (Å²) in [6.07, 6.45) is 1.52. The average molecular weight is 475 g/mol. The number of rotatable bonds is 6. The molecular formula is C19H16F3NO8S. The van der Waals surface area contributed by atoms with Gasteiger partial charge in [-0.2, -0.15) is 21.6 Å². The fraction of sp³-hybridized carbons (Fsp3) is 0.316. The van der Waals surface area contributed by atoms with Crippen molar-refractivity contribution in [3.63, 3.8) is 0 Å². The van der Waals surface area contributed by atoms with E-state index in [0.717, 1.165) is 19.1 Å². The van der Waals surface area contributed by atoms with Crippen molar-refractivity contribution >= 4 is 21.6 Å². The first-order chi connectivity index (χ1) is 14.7. The van der Waals surface area contributed by atoms with E-state index in [4.69, 9.17) is 4.74 Å². The molecule has 0 saturated carbocycles. The van der Waals surface area contributed by atoms with Crippen molar-refractivity contribution in [1.82, 2.24) is 0 Å². The van der Waals surface area contributed by atoms with Crippen molar-refractivity contribution in [2.75, 3.05) is 0 Å². The van der Waals surface area contributed by atoms with Crippen LogP contribution in [0.3, 0.4) is 0 Å². The summed E-state index contributed by atoms with van der Waals surface area (Å²) in [6, 6.07) is 2.98. The Bertz CT molecular complexity index is 1240. The largest absolute Gasteiger partial charge is 0.534 e. The fourth-order valence-electron chi connectivity index (χ4n) is 3.50. The normalized spacial score (nSPS) is 13.5. The third-order valence-corrected chi connectivity index (χ3v) is 5.82. The zero-order valence-corrected chi connectivity index (χ0v) is 17.5. The summed E-state index contributed by atoms with van der Waals surface area (Å²) in [5.74, 6) is -3.10. The number of hydrogen-bond acceptors (Lipinski definition) is 8. The molecule has 0 aromatic heterocycles. The van der Waals surface area contributed by atoms with Gasteiger partial charge in [0.15, 0.2) is 23.0 Å². The zero-order chi connectivity index (χ0) is 24.0. The van der Waals surface area contributed by atoms with E-state index in [9.17, 15) is 41.6 Å². The number of nitrogens with zero attached hydrogens (tertiary/aromatic N) is 1. The predicted molar refractivity (Wildman–Crippen MR) is 104 cm³/mol. The van der Waals surface area contributed by atoms with Crippen LogP contribution in [-0.2, 0) is 23.0 Å². The lowest BCUT2D eigenvalue weighted by Crippen LogP contribution is -2.28. The lowest BCUT2D eigenvalue weighted by Gasteiger charge is -2.17.